The smallest absolute Gasteiger partial charge is 0.348 e. The molecule has 1 saturated heterocycles. The van der Waals surface area contributed by atoms with Gasteiger partial charge in [-0.2, -0.15) is 26.7 Å². The molecule has 0 atom stereocenters. The van der Waals surface area contributed by atoms with E-state index in [0.29, 0.717) is 0 Å². The van der Waals surface area contributed by atoms with Gasteiger partial charge in [0.2, 0.25) is 11.5 Å². The van der Waals surface area contributed by atoms with Crippen molar-refractivity contribution in [3.05, 3.63) is 65.5 Å². The molecule has 0 N–H and O–H groups in total. The standard InChI is InChI=1S/C22H15F7N10/c23-19(24)6-7-38(10-19)17-15-16(32-18(33-17)20(25,26)12-4-2-1-3-5-12)35-39(34-15)9-14-13(8-30-11-31-14)21(36-37-21)22(27,28)29/h1-5,8,11H,6-7,9-10H2. The number of hydrogen-bond acceptors (Lipinski definition) is 9. The minimum absolute atomic E-state index is 0.178. The molecular formula is C22H15F7N10. The number of nitrogens with zero attached hydrogens (tertiary/aromatic N) is 10. The van der Waals surface area contributed by atoms with Gasteiger partial charge in [-0.3, -0.25) is 0 Å². The predicted molar refractivity (Wildman–Crippen MR) is 118 cm³/mol. The maximum absolute atomic E-state index is 15.4. The van der Waals surface area contributed by atoms with Crippen molar-refractivity contribution in [3.63, 3.8) is 0 Å². The summed E-state index contributed by atoms with van der Waals surface area (Å²) < 4.78 is 99.7. The van der Waals surface area contributed by atoms with Crippen LogP contribution in [0.15, 0.2) is 53.1 Å². The Kier molecular flexibility index (Phi) is 5.35. The van der Waals surface area contributed by atoms with Crippen molar-refractivity contribution in [2.45, 2.75) is 36.6 Å². The van der Waals surface area contributed by atoms with E-state index in [1.165, 1.54) is 12.1 Å². The highest BCUT2D eigenvalue weighted by Gasteiger charge is 2.66. The minimum atomic E-state index is -4.85. The van der Waals surface area contributed by atoms with Gasteiger partial charge >= 0.3 is 17.8 Å². The van der Waals surface area contributed by atoms with Gasteiger partial charge in [-0.05, 0) is 0 Å². The Morgan fingerprint density at radius 1 is 0.949 bits per heavy atom. The molecule has 0 amide bonds. The molecule has 2 aliphatic rings. The molecule has 3 aromatic heterocycles. The Morgan fingerprint density at radius 3 is 2.33 bits per heavy atom. The van der Waals surface area contributed by atoms with E-state index in [0.717, 1.165) is 34.4 Å². The second-order valence-electron chi connectivity index (χ2n) is 8.99. The van der Waals surface area contributed by atoms with Gasteiger partial charge in [0.15, 0.2) is 11.3 Å². The molecule has 1 fully saturated rings. The number of anilines is 1. The molecule has 4 aromatic rings. The summed E-state index contributed by atoms with van der Waals surface area (Å²) >= 11 is 0. The Labute approximate surface area is 213 Å². The lowest BCUT2D eigenvalue weighted by Gasteiger charge is -2.20. The van der Waals surface area contributed by atoms with Crippen LogP contribution in [0.2, 0.25) is 0 Å². The average Bonchev–Trinajstić information content (AvgIpc) is 3.50. The molecule has 0 aliphatic carbocycles. The van der Waals surface area contributed by atoms with Gasteiger partial charge in [-0.25, -0.2) is 28.7 Å². The van der Waals surface area contributed by atoms with Gasteiger partial charge in [0.05, 0.1) is 17.8 Å². The Balaban J connectivity index is 1.44. The predicted octanol–water partition coefficient (Wildman–Crippen LogP) is 4.23. The monoisotopic (exact) mass is 552 g/mol. The van der Waals surface area contributed by atoms with Gasteiger partial charge in [0.25, 0.3) is 5.92 Å². The van der Waals surface area contributed by atoms with Crippen molar-refractivity contribution < 1.29 is 30.7 Å². The van der Waals surface area contributed by atoms with Crippen LogP contribution in [-0.4, -0.2) is 60.1 Å². The normalized spacial score (nSPS) is 18.2. The third-order valence-corrected chi connectivity index (χ3v) is 6.32. The molecule has 10 nitrogen and oxygen atoms in total. The van der Waals surface area contributed by atoms with Crippen LogP contribution in [-0.2, 0) is 18.1 Å². The van der Waals surface area contributed by atoms with Crippen LogP contribution in [0, 0.1) is 0 Å². The maximum atomic E-state index is 15.4. The van der Waals surface area contributed by atoms with Crippen molar-refractivity contribution in [1.29, 1.82) is 0 Å². The zero-order chi connectivity index (χ0) is 27.6. The average molecular weight is 552 g/mol. The Hall–Kier alpha value is -4.31. The van der Waals surface area contributed by atoms with Gasteiger partial charge in [0.1, 0.15) is 12.9 Å². The first-order valence-corrected chi connectivity index (χ1v) is 11.4. The number of hydrogen-bond donors (Lipinski definition) is 0. The van der Waals surface area contributed by atoms with Crippen LogP contribution < -0.4 is 4.90 Å². The van der Waals surface area contributed by atoms with Crippen molar-refractivity contribution in [1.82, 2.24) is 34.9 Å². The molecule has 39 heavy (non-hydrogen) atoms. The molecule has 5 heterocycles. The third-order valence-electron chi connectivity index (χ3n) is 6.32. The minimum Gasteiger partial charge on any atom is -0.348 e. The summed E-state index contributed by atoms with van der Waals surface area (Å²) in [7, 11) is 0. The lowest BCUT2D eigenvalue weighted by Crippen LogP contribution is -2.32. The molecule has 2 aliphatic heterocycles. The molecule has 0 radical (unpaired) electrons. The zero-order valence-electron chi connectivity index (χ0n) is 19.5. The van der Waals surface area contributed by atoms with Crippen LogP contribution in [0.1, 0.15) is 29.1 Å². The molecule has 17 heteroatoms. The maximum Gasteiger partial charge on any atom is 0.442 e. The van der Waals surface area contributed by atoms with E-state index in [1.54, 1.807) is 6.07 Å². The van der Waals surface area contributed by atoms with Crippen LogP contribution >= 0.6 is 0 Å². The van der Waals surface area contributed by atoms with Crippen LogP contribution in [0.25, 0.3) is 11.2 Å². The number of aromatic nitrogens is 7. The van der Waals surface area contributed by atoms with E-state index in [1.807, 2.05) is 0 Å². The zero-order valence-corrected chi connectivity index (χ0v) is 19.5. The largest absolute Gasteiger partial charge is 0.442 e. The highest BCUT2D eigenvalue weighted by molar-refractivity contribution is 5.83. The van der Waals surface area contributed by atoms with Crippen LogP contribution in [0.5, 0.6) is 0 Å². The first-order valence-electron chi connectivity index (χ1n) is 11.4. The molecule has 6 rings (SSSR count). The number of benzene rings is 1. The Bertz CT molecular complexity index is 1580. The van der Waals surface area contributed by atoms with Crippen LogP contribution in [0.3, 0.4) is 0 Å². The van der Waals surface area contributed by atoms with Crippen molar-refractivity contribution in [2.24, 2.45) is 10.2 Å². The van der Waals surface area contributed by atoms with Crippen molar-refractivity contribution in [2.75, 3.05) is 18.0 Å². The van der Waals surface area contributed by atoms with Crippen molar-refractivity contribution >= 4 is 17.0 Å². The highest BCUT2D eigenvalue weighted by Crippen LogP contribution is 2.52. The summed E-state index contributed by atoms with van der Waals surface area (Å²) in [5.74, 6) is -8.10. The van der Waals surface area contributed by atoms with Crippen molar-refractivity contribution in [3.8, 4) is 0 Å². The second kappa shape index (κ2) is 8.34. The molecule has 202 valence electrons. The number of alkyl halides is 7. The summed E-state index contributed by atoms with van der Waals surface area (Å²) in [6.45, 7) is -1.47. The summed E-state index contributed by atoms with van der Waals surface area (Å²) in [5.41, 5.74) is -4.45. The van der Waals surface area contributed by atoms with Crippen LogP contribution in [0.4, 0.5) is 36.6 Å². The van der Waals surface area contributed by atoms with E-state index in [-0.39, 0.29) is 29.2 Å². The fourth-order valence-corrected chi connectivity index (χ4v) is 4.29. The summed E-state index contributed by atoms with van der Waals surface area (Å²) in [6.07, 6.45) is -3.47. The third kappa shape index (κ3) is 4.21. The summed E-state index contributed by atoms with van der Waals surface area (Å²) in [4.78, 5) is 17.3. The molecule has 1 aromatic carbocycles. The van der Waals surface area contributed by atoms with E-state index in [9.17, 15) is 22.0 Å². The quantitative estimate of drug-likeness (QED) is 0.330. The molecule has 0 unspecified atom stereocenters. The van der Waals surface area contributed by atoms with E-state index < -0.39 is 60.1 Å². The first-order chi connectivity index (χ1) is 18.4. The lowest BCUT2D eigenvalue weighted by molar-refractivity contribution is -0.166. The summed E-state index contributed by atoms with van der Waals surface area (Å²) in [6, 6.07) is 6.65. The first kappa shape index (κ1) is 25.0. The SMILES string of the molecule is FC1(F)CCN(c2nc(C(F)(F)c3ccccc3)nc3nn(Cc4ncncc4C4(C(F)(F)F)N=N4)nc23)C1. The topological polar surface area (TPSA) is 110 Å². The molecule has 0 bridgehead atoms. The lowest BCUT2D eigenvalue weighted by atomic mass is 10.0. The molecule has 0 spiro atoms. The highest BCUT2D eigenvalue weighted by atomic mass is 19.4. The van der Waals surface area contributed by atoms with Gasteiger partial charge in [-0.15, -0.1) is 20.4 Å². The second-order valence-corrected chi connectivity index (χ2v) is 8.99. The summed E-state index contributed by atoms with van der Waals surface area (Å²) in [5, 5.41) is 14.5. The molecule has 0 saturated carbocycles. The Morgan fingerprint density at radius 2 is 1.69 bits per heavy atom. The fraction of sp³-hybridized carbons (Fsp3) is 0.364. The number of fused-ring (bicyclic) bond motifs is 1. The van der Waals surface area contributed by atoms with E-state index in [4.69, 9.17) is 0 Å². The number of rotatable bonds is 6. The van der Waals surface area contributed by atoms with E-state index >= 15 is 8.78 Å². The number of halogens is 7. The van der Waals surface area contributed by atoms with E-state index in [2.05, 4.69) is 40.4 Å². The van der Waals surface area contributed by atoms with Gasteiger partial charge in [-0.1, -0.05) is 30.3 Å². The molecular weight excluding hydrogens is 537 g/mol. The van der Waals surface area contributed by atoms with Gasteiger partial charge in [0, 0.05) is 24.7 Å². The van der Waals surface area contributed by atoms with Gasteiger partial charge < -0.3 is 4.90 Å². The fourth-order valence-electron chi connectivity index (χ4n) is 4.29.